The van der Waals surface area contributed by atoms with Crippen LogP contribution in [0, 0.1) is 0 Å². The Kier molecular flexibility index (Phi) is 5.88. The lowest BCUT2D eigenvalue weighted by Gasteiger charge is -2.30. The molecule has 23 heavy (non-hydrogen) atoms. The van der Waals surface area contributed by atoms with Crippen LogP contribution in [0.5, 0.6) is 5.75 Å². The van der Waals surface area contributed by atoms with E-state index >= 15 is 0 Å². The molecule has 0 saturated carbocycles. The monoisotopic (exact) mass is 328 g/mol. The van der Waals surface area contributed by atoms with Gasteiger partial charge in [-0.2, -0.15) is 0 Å². The molecule has 0 aliphatic carbocycles. The molecular formula is C19H20O3S. The fraction of sp³-hybridized carbons (Fsp3) is 0.211. The standard InChI is InChI=1S/C19H20O3S/c1-4-13-19(18(20)22-3,15-9-6-5-7-10-15)23-17-12-8-11-16(14-17)21-2/h4-12,14H,1,13H2,2-3H3. The summed E-state index contributed by atoms with van der Waals surface area (Å²) < 4.78 is 9.51. The number of thioether (sulfide) groups is 1. The minimum absolute atomic E-state index is 0.295. The average Bonchev–Trinajstić information content (AvgIpc) is 2.61. The number of carbonyl (C=O) groups is 1. The summed E-state index contributed by atoms with van der Waals surface area (Å²) in [5.41, 5.74) is 0.888. The Morgan fingerprint density at radius 1 is 1.17 bits per heavy atom. The minimum atomic E-state index is -0.871. The van der Waals surface area contributed by atoms with Crippen LogP contribution in [0.15, 0.2) is 72.1 Å². The van der Waals surface area contributed by atoms with Crippen molar-refractivity contribution in [2.24, 2.45) is 0 Å². The molecule has 0 fully saturated rings. The maximum absolute atomic E-state index is 12.7. The Labute approximate surface area is 141 Å². The molecule has 0 bridgehead atoms. The van der Waals surface area contributed by atoms with E-state index in [2.05, 4.69) is 6.58 Å². The summed E-state index contributed by atoms with van der Waals surface area (Å²) >= 11 is 1.45. The van der Waals surface area contributed by atoms with Crippen LogP contribution in [-0.4, -0.2) is 20.2 Å². The second-order valence-electron chi connectivity index (χ2n) is 4.96. The third-order valence-electron chi connectivity index (χ3n) is 3.52. The number of hydrogen-bond donors (Lipinski definition) is 0. The molecule has 0 spiro atoms. The van der Waals surface area contributed by atoms with Crippen LogP contribution in [0.1, 0.15) is 12.0 Å². The van der Waals surface area contributed by atoms with Crippen molar-refractivity contribution in [3.63, 3.8) is 0 Å². The molecule has 4 heteroatoms. The van der Waals surface area contributed by atoms with E-state index in [0.717, 1.165) is 16.2 Å². The molecule has 120 valence electrons. The molecule has 0 radical (unpaired) electrons. The van der Waals surface area contributed by atoms with Crippen molar-refractivity contribution in [2.75, 3.05) is 14.2 Å². The van der Waals surface area contributed by atoms with Gasteiger partial charge in [0.05, 0.1) is 14.2 Å². The van der Waals surface area contributed by atoms with E-state index in [1.165, 1.54) is 18.9 Å². The molecule has 1 unspecified atom stereocenters. The van der Waals surface area contributed by atoms with Gasteiger partial charge in [0.1, 0.15) is 10.5 Å². The summed E-state index contributed by atoms with van der Waals surface area (Å²) in [6.45, 7) is 3.82. The van der Waals surface area contributed by atoms with Crippen LogP contribution < -0.4 is 4.74 Å². The Morgan fingerprint density at radius 2 is 1.91 bits per heavy atom. The number of allylic oxidation sites excluding steroid dienone is 1. The Balaban J connectivity index is 2.51. The highest BCUT2D eigenvalue weighted by Gasteiger charge is 2.41. The smallest absolute Gasteiger partial charge is 0.327 e. The maximum atomic E-state index is 12.7. The predicted molar refractivity (Wildman–Crippen MR) is 93.8 cm³/mol. The van der Waals surface area contributed by atoms with E-state index in [9.17, 15) is 4.79 Å². The molecule has 2 aromatic carbocycles. The highest BCUT2D eigenvalue weighted by Crippen LogP contribution is 2.46. The summed E-state index contributed by atoms with van der Waals surface area (Å²) in [6, 6.07) is 17.3. The minimum Gasteiger partial charge on any atom is -0.497 e. The van der Waals surface area contributed by atoms with Gasteiger partial charge < -0.3 is 9.47 Å². The van der Waals surface area contributed by atoms with Crippen molar-refractivity contribution in [3.05, 3.63) is 72.8 Å². The first-order valence-corrected chi connectivity index (χ1v) is 8.06. The van der Waals surface area contributed by atoms with Crippen molar-refractivity contribution < 1.29 is 14.3 Å². The molecule has 2 aromatic rings. The van der Waals surface area contributed by atoms with Crippen molar-refractivity contribution in [3.8, 4) is 5.75 Å². The van der Waals surface area contributed by atoms with E-state index in [1.807, 2.05) is 54.6 Å². The molecule has 3 nitrogen and oxygen atoms in total. The summed E-state index contributed by atoms with van der Waals surface area (Å²) in [7, 11) is 3.04. The van der Waals surface area contributed by atoms with Crippen LogP contribution >= 0.6 is 11.8 Å². The van der Waals surface area contributed by atoms with Crippen molar-refractivity contribution in [1.29, 1.82) is 0 Å². The van der Waals surface area contributed by atoms with Gasteiger partial charge in [-0.25, -0.2) is 0 Å². The highest BCUT2D eigenvalue weighted by molar-refractivity contribution is 8.01. The van der Waals surface area contributed by atoms with Gasteiger partial charge in [0.25, 0.3) is 0 Å². The highest BCUT2D eigenvalue weighted by atomic mass is 32.2. The van der Waals surface area contributed by atoms with Gasteiger partial charge >= 0.3 is 5.97 Å². The van der Waals surface area contributed by atoms with Gasteiger partial charge in [0.15, 0.2) is 0 Å². The lowest BCUT2D eigenvalue weighted by molar-refractivity contribution is -0.143. The number of hydrogen-bond acceptors (Lipinski definition) is 4. The van der Waals surface area contributed by atoms with Crippen LogP contribution in [-0.2, 0) is 14.3 Å². The quantitative estimate of drug-likeness (QED) is 0.428. The Bertz CT molecular complexity index is 669. The maximum Gasteiger partial charge on any atom is 0.327 e. The summed E-state index contributed by atoms with van der Waals surface area (Å²) in [5.74, 6) is 0.455. The topological polar surface area (TPSA) is 35.5 Å². The van der Waals surface area contributed by atoms with Gasteiger partial charge in [0.2, 0.25) is 0 Å². The molecule has 0 heterocycles. The molecule has 0 aliphatic heterocycles. The van der Waals surface area contributed by atoms with Gasteiger partial charge in [-0.05, 0) is 30.2 Å². The zero-order valence-corrected chi connectivity index (χ0v) is 14.1. The molecule has 0 saturated heterocycles. The van der Waals surface area contributed by atoms with Crippen molar-refractivity contribution in [2.45, 2.75) is 16.1 Å². The second kappa shape index (κ2) is 7.88. The lowest BCUT2D eigenvalue weighted by Crippen LogP contribution is -2.33. The van der Waals surface area contributed by atoms with Gasteiger partial charge in [-0.3, -0.25) is 4.79 Å². The number of rotatable bonds is 7. The number of methoxy groups -OCH3 is 2. The molecule has 0 amide bonds. The van der Waals surface area contributed by atoms with E-state index in [-0.39, 0.29) is 5.97 Å². The van der Waals surface area contributed by atoms with Crippen molar-refractivity contribution >= 4 is 17.7 Å². The summed E-state index contributed by atoms with van der Waals surface area (Å²) in [5, 5.41) is 0. The zero-order chi connectivity index (χ0) is 16.7. The van der Waals surface area contributed by atoms with Crippen molar-refractivity contribution in [1.82, 2.24) is 0 Å². The number of carbonyl (C=O) groups excluding carboxylic acids is 1. The predicted octanol–water partition coefficient (Wildman–Crippen LogP) is 4.43. The van der Waals surface area contributed by atoms with Crippen LogP contribution in [0.4, 0.5) is 0 Å². The van der Waals surface area contributed by atoms with E-state index in [1.54, 1.807) is 13.2 Å². The molecule has 2 rings (SSSR count). The van der Waals surface area contributed by atoms with E-state index in [0.29, 0.717) is 6.42 Å². The first kappa shape index (κ1) is 17.2. The molecule has 0 aromatic heterocycles. The van der Waals surface area contributed by atoms with Gasteiger partial charge in [-0.1, -0.05) is 42.5 Å². The Morgan fingerprint density at radius 3 is 2.52 bits per heavy atom. The fourth-order valence-electron chi connectivity index (χ4n) is 2.40. The van der Waals surface area contributed by atoms with Crippen LogP contribution in [0.25, 0.3) is 0 Å². The van der Waals surface area contributed by atoms with Crippen LogP contribution in [0.2, 0.25) is 0 Å². The number of benzene rings is 2. The molecular weight excluding hydrogens is 308 g/mol. The Hall–Kier alpha value is -2.20. The second-order valence-corrected chi connectivity index (χ2v) is 6.33. The van der Waals surface area contributed by atoms with E-state index < -0.39 is 4.75 Å². The third-order valence-corrected chi connectivity index (χ3v) is 4.93. The lowest BCUT2D eigenvalue weighted by atomic mass is 9.94. The number of ether oxygens (including phenoxy) is 2. The zero-order valence-electron chi connectivity index (χ0n) is 13.3. The SMILES string of the molecule is C=CCC(Sc1cccc(OC)c1)(C(=O)OC)c1ccccc1. The first-order chi connectivity index (χ1) is 11.2. The fourth-order valence-corrected chi connectivity index (χ4v) is 3.75. The van der Waals surface area contributed by atoms with Gasteiger partial charge in [-0.15, -0.1) is 18.3 Å². The van der Waals surface area contributed by atoms with Gasteiger partial charge in [0, 0.05) is 4.90 Å². The largest absolute Gasteiger partial charge is 0.497 e. The molecule has 0 N–H and O–H groups in total. The third kappa shape index (κ3) is 3.77. The average molecular weight is 328 g/mol. The summed E-state index contributed by atoms with van der Waals surface area (Å²) in [6.07, 6.45) is 2.21. The number of esters is 1. The molecule has 1 atom stereocenters. The normalized spacial score (nSPS) is 13.0. The van der Waals surface area contributed by atoms with E-state index in [4.69, 9.17) is 9.47 Å². The molecule has 0 aliphatic rings. The van der Waals surface area contributed by atoms with Crippen LogP contribution in [0.3, 0.4) is 0 Å². The summed E-state index contributed by atoms with van der Waals surface area (Å²) in [4.78, 5) is 13.6. The first-order valence-electron chi connectivity index (χ1n) is 7.24.